The number of halogens is 1. The maximum Gasteiger partial charge on any atom is 0.253 e. The van der Waals surface area contributed by atoms with Crippen LogP contribution in [0.2, 0.25) is 0 Å². The Morgan fingerprint density at radius 2 is 1.75 bits per heavy atom. The normalized spacial score (nSPS) is 16.7. The van der Waals surface area contributed by atoms with Crippen LogP contribution in [0.25, 0.3) is 0 Å². The molecular formula is C25H36IN5O. The third kappa shape index (κ3) is 7.78. The highest BCUT2D eigenvalue weighted by Crippen LogP contribution is 2.19. The number of nitrogens with one attached hydrogen (secondary N) is 2. The third-order valence-corrected chi connectivity index (χ3v) is 5.77. The SMILES string of the molecule is CN=C(NCc1ccc(C(=O)N(C)C)cc1)NCC1CCCCN1Cc1ccccc1.I. The first kappa shape index (κ1) is 26.1. The van der Waals surface area contributed by atoms with Gasteiger partial charge in [-0.15, -0.1) is 24.0 Å². The quantitative estimate of drug-likeness (QED) is 0.314. The van der Waals surface area contributed by atoms with Crippen molar-refractivity contribution in [3.63, 3.8) is 0 Å². The zero-order chi connectivity index (χ0) is 22.1. The Morgan fingerprint density at radius 1 is 1.03 bits per heavy atom. The minimum Gasteiger partial charge on any atom is -0.355 e. The highest BCUT2D eigenvalue weighted by molar-refractivity contribution is 14.0. The predicted molar refractivity (Wildman–Crippen MR) is 143 cm³/mol. The molecule has 1 amide bonds. The molecule has 0 radical (unpaired) electrons. The van der Waals surface area contributed by atoms with Crippen molar-refractivity contribution >= 4 is 35.8 Å². The number of piperidine rings is 1. The lowest BCUT2D eigenvalue weighted by atomic mass is 10.0. The average Bonchev–Trinajstić information content (AvgIpc) is 2.80. The monoisotopic (exact) mass is 549 g/mol. The maximum absolute atomic E-state index is 12.0. The van der Waals surface area contributed by atoms with Crippen LogP contribution in [0, 0.1) is 0 Å². The summed E-state index contributed by atoms with van der Waals surface area (Å²) in [6.07, 6.45) is 3.75. The molecule has 1 unspecified atom stereocenters. The molecule has 2 N–H and O–H groups in total. The maximum atomic E-state index is 12.0. The molecule has 0 bridgehead atoms. The van der Waals surface area contributed by atoms with Gasteiger partial charge in [0.1, 0.15) is 0 Å². The molecule has 1 aliphatic rings. The number of hydrogen-bond acceptors (Lipinski definition) is 3. The van der Waals surface area contributed by atoms with Crippen molar-refractivity contribution < 1.29 is 4.79 Å². The van der Waals surface area contributed by atoms with Crippen LogP contribution in [0.5, 0.6) is 0 Å². The summed E-state index contributed by atoms with van der Waals surface area (Å²) in [5.74, 6) is 0.822. The van der Waals surface area contributed by atoms with Crippen molar-refractivity contribution in [3.05, 3.63) is 71.3 Å². The Labute approximate surface area is 209 Å². The van der Waals surface area contributed by atoms with Gasteiger partial charge in [-0.2, -0.15) is 0 Å². The fourth-order valence-electron chi connectivity index (χ4n) is 3.96. The van der Waals surface area contributed by atoms with Crippen LogP contribution in [0.3, 0.4) is 0 Å². The van der Waals surface area contributed by atoms with Gasteiger partial charge in [-0.1, -0.05) is 48.9 Å². The topological polar surface area (TPSA) is 60.0 Å². The number of amides is 1. The minimum atomic E-state index is 0. The molecule has 6 nitrogen and oxygen atoms in total. The molecule has 1 saturated heterocycles. The lowest BCUT2D eigenvalue weighted by Gasteiger charge is -2.36. The molecule has 2 aromatic rings. The summed E-state index contributed by atoms with van der Waals surface area (Å²) in [5.41, 5.74) is 3.18. The summed E-state index contributed by atoms with van der Waals surface area (Å²) < 4.78 is 0. The van der Waals surface area contributed by atoms with Gasteiger partial charge in [0.15, 0.2) is 5.96 Å². The first-order valence-corrected chi connectivity index (χ1v) is 11.1. The molecule has 0 saturated carbocycles. The molecule has 0 aromatic heterocycles. The molecule has 7 heteroatoms. The van der Waals surface area contributed by atoms with Crippen molar-refractivity contribution in [2.45, 2.75) is 38.4 Å². The van der Waals surface area contributed by atoms with Gasteiger partial charge in [-0.05, 0) is 42.6 Å². The Balaban J connectivity index is 0.00000363. The lowest BCUT2D eigenvalue weighted by Crippen LogP contribution is -2.48. The summed E-state index contributed by atoms with van der Waals surface area (Å²) in [7, 11) is 5.33. The molecule has 1 fully saturated rings. The van der Waals surface area contributed by atoms with Crippen molar-refractivity contribution in [1.29, 1.82) is 0 Å². The van der Waals surface area contributed by atoms with Crippen LogP contribution in [-0.4, -0.2) is 61.9 Å². The first-order valence-electron chi connectivity index (χ1n) is 11.1. The highest BCUT2D eigenvalue weighted by Gasteiger charge is 2.22. The van der Waals surface area contributed by atoms with Crippen LogP contribution < -0.4 is 10.6 Å². The van der Waals surface area contributed by atoms with Crippen LogP contribution in [0.4, 0.5) is 0 Å². The van der Waals surface area contributed by atoms with E-state index in [9.17, 15) is 4.79 Å². The van der Waals surface area contributed by atoms with E-state index in [0.717, 1.165) is 31.2 Å². The van der Waals surface area contributed by atoms with Gasteiger partial charge in [-0.3, -0.25) is 14.7 Å². The number of benzene rings is 2. The predicted octanol–water partition coefficient (Wildman–Crippen LogP) is 3.73. The molecule has 32 heavy (non-hydrogen) atoms. The Hall–Kier alpha value is -2.13. The Morgan fingerprint density at radius 3 is 2.41 bits per heavy atom. The van der Waals surface area contributed by atoms with Crippen LogP contribution in [-0.2, 0) is 13.1 Å². The van der Waals surface area contributed by atoms with E-state index in [4.69, 9.17) is 0 Å². The van der Waals surface area contributed by atoms with Gasteiger partial charge in [-0.25, -0.2) is 0 Å². The summed E-state index contributed by atoms with van der Waals surface area (Å²) in [6.45, 7) is 3.68. The van der Waals surface area contributed by atoms with Gasteiger partial charge in [0.2, 0.25) is 0 Å². The first-order chi connectivity index (χ1) is 15.1. The number of nitrogens with zero attached hydrogens (tertiary/aromatic N) is 3. The summed E-state index contributed by atoms with van der Waals surface area (Å²) in [4.78, 5) is 20.6. The third-order valence-electron chi connectivity index (χ3n) is 5.77. The number of carbonyl (C=O) groups excluding carboxylic acids is 1. The number of rotatable bonds is 7. The number of guanidine groups is 1. The van der Waals surface area contributed by atoms with Crippen molar-refractivity contribution in [2.24, 2.45) is 4.99 Å². The van der Waals surface area contributed by atoms with E-state index < -0.39 is 0 Å². The molecule has 1 atom stereocenters. The van der Waals surface area contributed by atoms with E-state index >= 15 is 0 Å². The van der Waals surface area contributed by atoms with E-state index in [0.29, 0.717) is 18.2 Å². The van der Waals surface area contributed by atoms with E-state index in [-0.39, 0.29) is 29.9 Å². The Bertz CT molecular complexity index is 854. The second kappa shape index (κ2) is 13.4. The van der Waals surface area contributed by atoms with Gasteiger partial charge in [0, 0.05) is 52.4 Å². The largest absolute Gasteiger partial charge is 0.355 e. The standard InChI is InChI=1S/C25H35N5O.HI/c1-26-25(27-17-20-12-14-22(15-13-20)24(31)29(2)3)28-18-23-11-7-8-16-30(23)19-21-9-5-4-6-10-21;/h4-6,9-10,12-15,23H,7-8,11,16-19H2,1-3H3,(H2,26,27,28);1H. The fourth-order valence-corrected chi connectivity index (χ4v) is 3.96. The summed E-state index contributed by atoms with van der Waals surface area (Å²) in [5, 5.41) is 6.89. The smallest absolute Gasteiger partial charge is 0.253 e. The lowest BCUT2D eigenvalue weighted by molar-refractivity contribution is 0.0827. The highest BCUT2D eigenvalue weighted by atomic mass is 127. The molecule has 1 heterocycles. The van der Waals surface area contributed by atoms with Gasteiger partial charge in [0.25, 0.3) is 5.91 Å². The van der Waals surface area contributed by atoms with Gasteiger partial charge < -0.3 is 15.5 Å². The molecular weight excluding hydrogens is 513 g/mol. The average molecular weight is 550 g/mol. The minimum absolute atomic E-state index is 0. The number of aliphatic imine (C=N–C) groups is 1. The van der Waals surface area contributed by atoms with Crippen molar-refractivity contribution in [1.82, 2.24) is 20.4 Å². The van der Waals surface area contributed by atoms with Crippen molar-refractivity contribution in [3.8, 4) is 0 Å². The summed E-state index contributed by atoms with van der Waals surface area (Å²) >= 11 is 0. The molecule has 1 aliphatic heterocycles. The molecule has 174 valence electrons. The van der Waals surface area contributed by atoms with Gasteiger partial charge in [0.05, 0.1) is 0 Å². The van der Waals surface area contributed by atoms with E-state index in [1.165, 1.54) is 24.8 Å². The van der Waals surface area contributed by atoms with Crippen LogP contribution in [0.15, 0.2) is 59.6 Å². The van der Waals surface area contributed by atoms with Crippen LogP contribution >= 0.6 is 24.0 Å². The van der Waals surface area contributed by atoms with Crippen LogP contribution in [0.1, 0.15) is 40.7 Å². The second-order valence-corrected chi connectivity index (χ2v) is 8.31. The molecule has 0 spiro atoms. The molecule has 0 aliphatic carbocycles. The van der Waals surface area contributed by atoms with E-state index in [1.807, 2.05) is 24.3 Å². The number of likely N-dealkylation sites (tertiary alicyclic amines) is 1. The number of hydrogen-bond donors (Lipinski definition) is 2. The van der Waals surface area contributed by atoms with E-state index in [1.54, 1.807) is 26.0 Å². The van der Waals surface area contributed by atoms with Gasteiger partial charge >= 0.3 is 0 Å². The Kier molecular flexibility index (Phi) is 11.0. The zero-order valence-corrected chi connectivity index (χ0v) is 21.7. The zero-order valence-electron chi connectivity index (χ0n) is 19.4. The van der Waals surface area contributed by atoms with Crippen molar-refractivity contribution in [2.75, 3.05) is 34.2 Å². The fraction of sp³-hybridized carbons (Fsp3) is 0.440. The number of carbonyl (C=O) groups is 1. The molecule has 3 rings (SSSR count). The van der Waals surface area contributed by atoms with E-state index in [2.05, 4.69) is 50.9 Å². The second-order valence-electron chi connectivity index (χ2n) is 8.31. The molecule has 2 aromatic carbocycles. The summed E-state index contributed by atoms with van der Waals surface area (Å²) in [6, 6.07) is 18.9.